The van der Waals surface area contributed by atoms with E-state index in [0.717, 1.165) is 12.1 Å². The van der Waals surface area contributed by atoms with E-state index in [0.29, 0.717) is 11.3 Å². The van der Waals surface area contributed by atoms with Gasteiger partial charge < -0.3 is 0 Å². The molecule has 0 fully saturated rings. The molecule has 1 aromatic carbocycles. The molecule has 0 saturated heterocycles. The number of rotatable bonds is 1. The monoisotopic (exact) mass is 201 g/mol. The van der Waals surface area contributed by atoms with Crippen molar-refractivity contribution in [3.8, 4) is 0 Å². The molecule has 1 nitrogen and oxygen atoms in total. The Morgan fingerprint density at radius 1 is 1.29 bits per heavy atom. The maximum atomic E-state index is 12.3. The zero-order chi connectivity index (χ0) is 10.8. The molecule has 0 unspecified atom stereocenters. The van der Waals surface area contributed by atoms with Crippen molar-refractivity contribution in [3.05, 3.63) is 35.4 Å². The van der Waals surface area contributed by atoms with E-state index >= 15 is 0 Å². The summed E-state index contributed by atoms with van der Waals surface area (Å²) >= 11 is 0. The summed E-state index contributed by atoms with van der Waals surface area (Å²) < 4.78 is 36.9. The molecule has 0 aromatic heterocycles. The fraction of sp³-hybridized carbons (Fsp3) is 0.300. The first kappa shape index (κ1) is 10.8. The van der Waals surface area contributed by atoms with Crippen molar-refractivity contribution in [1.82, 2.24) is 0 Å². The molecular weight excluding hydrogens is 191 g/mol. The highest BCUT2D eigenvalue weighted by molar-refractivity contribution is 5.98. The Balaban J connectivity index is 3.14. The Morgan fingerprint density at radius 3 is 2.43 bits per heavy atom. The number of hydrogen-bond acceptors (Lipinski definition) is 1. The van der Waals surface area contributed by atoms with Crippen molar-refractivity contribution in [2.45, 2.75) is 13.1 Å². The highest BCUT2D eigenvalue weighted by Gasteiger charge is 2.30. The van der Waals surface area contributed by atoms with E-state index in [1.54, 1.807) is 20.0 Å². The van der Waals surface area contributed by atoms with Gasteiger partial charge in [-0.05, 0) is 24.6 Å². The Hall–Kier alpha value is -1.32. The minimum atomic E-state index is -4.29. The van der Waals surface area contributed by atoms with E-state index in [1.807, 2.05) is 0 Å². The highest BCUT2D eigenvalue weighted by Crippen LogP contribution is 2.29. The van der Waals surface area contributed by atoms with E-state index in [-0.39, 0.29) is 0 Å². The minimum Gasteiger partial charge on any atom is -0.293 e. The van der Waals surface area contributed by atoms with Gasteiger partial charge in [0.2, 0.25) is 0 Å². The average Bonchev–Trinajstić information content (AvgIpc) is 2.15. The first-order valence-electron chi connectivity index (χ1n) is 4.06. The standard InChI is InChI=1S/C10H10F3N/c1-7(14-2)8-4-3-5-9(6-8)10(11,12)13/h3-6H,1-2H3/b14-7+. The number of aliphatic imine (C=N–C) groups is 1. The summed E-state index contributed by atoms with van der Waals surface area (Å²) in [4.78, 5) is 3.83. The third-order valence-corrected chi connectivity index (χ3v) is 1.94. The van der Waals surface area contributed by atoms with Crippen molar-refractivity contribution < 1.29 is 13.2 Å². The molecule has 0 amide bonds. The molecule has 0 radical (unpaired) electrons. The normalized spacial score (nSPS) is 13.1. The van der Waals surface area contributed by atoms with Crippen molar-refractivity contribution in [3.63, 3.8) is 0 Å². The summed E-state index contributed by atoms with van der Waals surface area (Å²) in [6.07, 6.45) is -4.29. The van der Waals surface area contributed by atoms with E-state index in [1.165, 1.54) is 6.07 Å². The van der Waals surface area contributed by atoms with Crippen LogP contribution >= 0.6 is 0 Å². The predicted octanol–water partition coefficient (Wildman–Crippen LogP) is 3.14. The lowest BCUT2D eigenvalue weighted by molar-refractivity contribution is -0.137. The Kier molecular flexibility index (Phi) is 2.93. The molecule has 14 heavy (non-hydrogen) atoms. The van der Waals surface area contributed by atoms with Crippen LogP contribution in [0.25, 0.3) is 0 Å². The molecule has 76 valence electrons. The molecule has 0 saturated carbocycles. The van der Waals surface area contributed by atoms with E-state index in [9.17, 15) is 13.2 Å². The van der Waals surface area contributed by atoms with Gasteiger partial charge in [0.05, 0.1) is 5.56 Å². The molecule has 0 aliphatic rings. The number of nitrogens with zero attached hydrogens (tertiary/aromatic N) is 1. The Morgan fingerprint density at radius 2 is 1.93 bits per heavy atom. The Labute approximate surface area is 80.3 Å². The molecule has 0 spiro atoms. The molecule has 0 aliphatic carbocycles. The second-order valence-electron chi connectivity index (χ2n) is 2.89. The van der Waals surface area contributed by atoms with Gasteiger partial charge in [0.25, 0.3) is 0 Å². The van der Waals surface area contributed by atoms with Crippen LogP contribution in [0.4, 0.5) is 13.2 Å². The molecule has 1 rings (SSSR count). The van der Waals surface area contributed by atoms with E-state index in [4.69, 9.17) is 0 Å². The summed E-state index contributed by atoms with van der Waals surface area (Å²) in [5.41, 5.74) is 0.455. The van der Waals surface area contributed by atoms with Gasteiger partial charge in [0.1, 0.15) is 0 Å². The predicted molar refractivity (Wildman–Crippen MR) is 49.6 cm³/mol. The molecule has 0 N–H and O–H groups in total. The molecule has 0 bridgehead atoms. The van der Waals surface area contributed by atoms with Gasteiger partial charge in [0.15, 0.2) is 0 Å². The summed E-state index contributed by atoms with van der Waals surface area (Å²) in [6.45, 7) is 1.68. The highest BCUT2D eigenvalue weighted by atomic mass is 19.4. The lowest BCUT2D eigenvalue weighted by Gasteiger charge is -2.07. The van der Waals surface area contributed by atoms with Crippen molar-refractivity contribution in [2.24, 2.45) is 4.99 Å². The lowest BCUT2D eigenvalue weighted by atomic mass is 10.1. The third kappa shape index (κ3) is 2.34. The van der Waals surface area contributed by atoms with Gasteiger partial charge in [-0.15, -0.1) is 0 Å². The number of hydrogen-bond donors (Lipinski definition) is 0. The fourth-order valence-corrected chi connectivity index (χ4v) is 1.05. The number of benzene rings is 1. The number of alkyl halides is 3. The van der Waals surface area contributed by atoms with Gasteiger partial charge in [-0.3, -0.25) is 4.99 Å². The van der Waals surface area contributed by atoms with Crippen molar-refractivity contribution in [1.29, 1.82) is 0 Å². The number of halogens is 3. The van der Waals surface area contributed by atoms with Crippen molar-refractivity contribution in [2.75, 3.05) is 7.05 Å². The van der Waals surface area contributed by atoms with E-state index < -0.39 is 11.7 Å². The quantitative estimate of drug-likeness (QED) is 0.619. The van der Waals surface area contributed by atoms with Crippen LogP contribution in [0.15, 0.2) is 29.3 Å². The van der Waals surface area contributed by atoms with Gasteiger partial charge in [0, 0.05) is 12.8 Å². The maximum absolute atomic E-state index is 12.3. The SMILES string of the molecule is C/N=C(\C)c1cccc(C(F)(F)F)c1. The molecule has 4 heteroatoms. The first-order chi connectivity index (χ1) is 6.45. The van der Waals surface area contributed by atoms with Gasteiger partial charge in [-0.1, -0.05) is 12.1 Å². The largest absolute Gasteiger partial charge is 0.416 e. The van der Waals surface area contributed by atoms with Crippen LogP contribution in [0.1, 0.15) is 18.1 Å². The van der Waals surface area contributed by atoms with Crippen LogP contribution in [0.5, 0.6) is 0 Å². The van der Waals surface area contributed by atoms with Gasteiger partial charge in [-0.25, -0.2) is 0 Å². The van der Waals surface area contributed by atoms with Gasteiger partial charge in [-0.2, -0.15) is 13.2 Å². The molecule has 0 aliphatic heterocycles. The molecule has 1 aromatic rings. The zero-order valence-electron chi connectivity index (χ0n) is 7.89. The summed E-state index contributed by atoms with van der Waals surface area (Å²) in [7, 11) is 1.55. The van der Waals surface area contributed by atoms with Crippen LogP contribution in [0.2, 0.25) is 0 Å². The van der Waals surface area contributed by atoms with Crippen LogP contribution in [0.3, 0.4) is 0 Å². The second kappa shape index (κ2) is 3.82. The van der Waals surface area contributed by atoms with Gasteiger partial charge >= 0.3 is 6.18 Å². The molecule has 0 atom stereocenters. The zero-order valence-corrected chi connectivity index (χ0v) is 7.89. The maximum Gasteiger partial charge on any atom is 0.416 e. The first-order valence-corrected chi connectivity index (χ1v) is 4.06. The smallest absolute Gasteiger partial charge is 0.293 e. The topological polar surface area (TPSA) is 12.4 Å². The Bertz CT molecular complexity index is 353. The minimum absolute atomic E-state index is 0.502. The summed E-state index contributed by atoms with van der Waals surface area (Å²) in [5, 5.41) is 0. The fourth-order valence-electron chi connectivity index (χ4n) is 1.05. The molecular formula is C10H10F3N. The average molecular weight is 201 g/mol. The van der Waals surface area contributed by atoms with Crippen LogP contribution in [-0.2, 0) is 6.18 Å². The van der Waals surface area contributed by atoms with Crippen LogP contribution in [-0.4, -0.2) is 12.8 Å². The van der Waals surface area contributed by atoms with Crippen LogP contribution < -0.4 is 0 Å². The van der Waals surface area contributed by atoms with Crippen LogP contribution in [0, 0.1) is 0 Å². The third-order valence-electron chi connectivity index (χ3n) is 1.94. The second-order valence-corrected chi connectivity index (χ2v) is 2.89. The van der Waals surface area contributed by atoms with E-state index in [2.05, 4.69) is 4.99 Å². The summed E-state index contributed by atoms with van der Waals surface area (Å²) in [5.74, 6) is 0. The summed E-state index contributed by atoms with van der Waals surface area (Å²) in [6, 6.07) is 5.14. The lowest BCUT2D eigenvalue weighted by Crippen LogP contribution is -2.06. The van der Waals surface area contributed by atoms with Crippen molar-refractivity contribution >= 4 is 5.71 Å². The molecule has 0 heterocycles.